The number of anilines is 1. The predicted molar refractivity (Wildman–Crippen MR) is 78.6 cm³/mol. The maximum atomic E-state index is 12.2. The molecule has 0 aliphatic heterocycles. The van der Waals surface area contributed by atoms with Gasteiger partial charge in [0, 0.05) is 31.5 Å². The molecule has 2 N–H and O–H groups in total. The number of hydrogen-bond donors (Lipinski definition) is 2. The number of carboxylic acids is 1. The third-order valence-electron chi connectivity index (χ3n) is 2.92. The van der Waals surface area contributed by atoms with Crippen molar-refractivity contribution in [3.8, 4) is 0 Å². The molecule has 0 atom stereocenters. The number of rotatable bonds is 6. The lowest BCUT2D eigenvalue weighted by Crippen LogP contribution is -2.12. The zero-order valence-electron chi connectivity index (χ0n) is 11.5. The first-order chi connectivity index (χ1) is 9.87. The molecule has 0 bridgehead atoms. The van der Waals surface area contributed by atoms with Crippen LogP contribution in [0.15, 0.2) is 47.6 Å². The van der Waals surface area contributed by atoms with Gasteiger partial charge in [-0.05, 0) is 30.2 Å². The van der Waals surface area contributed by atoms with Crippen molar-refractivity contribution in [3.05, 3.63) is 48.3 Å². The Bertz CT molecular complexity index is 750. The fourth-order valence-electron chi connectivity index (χ4n) is 1.89. The summed E-state index contributed by atoms with van der Waals surface area (Å²) in [4.78, 5) is 10.7. The highest BCUT2D eigenvalue weighted by Gasteiger charge is 2.15. The van der Waals surface area contributed by atoms with Gasteiger partial charge in [0.05, 0.1) is 0 Å². The molecule has 0 radical (unpaired) electrons. The van der Waals surface area contributed by atoms with E-state index >= 15 is 0 Å². The van der Waals surface area contributed by atoms with E-state index in [-0.39, 0.29) is 11.3 Å². The molecule has 21 heavy (non-hydrogen) atoms. The van der Waals surface area contributed by atoms with E-state index in [9.17, 15) is 13.2 Å². The van der Waals surface area contributed by atoms with Crippen LogP contribution >= 0.6 is 0 Å². The summed E-state index contributed by atoms with van der Waals surface area (Å²) in [6.45, 7) is 0. The van der Waals surface area contributed by atoms with Gasteiger partial charge < -0.3 is 9.67 Å². The molecule has 0 amide bonds. The third kappa shape index (κ3) is 4.09. The van der Waals surface area contributed by atoms with Crippen LogP contribution in [-0.2, 0) is 28.3 Å². The average molecular weight is 308 g/mol. The maximum Gasteiger partial charge on any atom is 0.303 e. The minimum absolute atomic E-state index is 0.00882. The van der Waals surface area contributed by atoms with Crippen molar-refractivity contribution in [1.29, 1.82) is 0 Å². The molecule has 6 nitrogen and oxygen atoms in total. The molecule has 0 spiro atoms. The van der Waals surface area contributed by atoms with E-state index in [1.807, 2.05) is 0 Å². The summed E-state index contributed by atoms with van der Waals surface area (Å²) < 4.78 is 28.5. The van der Waals surface area contributed by atoms with Crippen LogP contribution in [0.2, 0.25) is 0 Å². The number of sulfonamides is 1. The SMILES string of the molecule is Cn1ccc(S(=O)(=O)Nc2cccc(CCC(=O)O)c2)c1. The molecular formula is C14H16N2O4S. The molecule has 0 aliphatic carbocycles. The summed E-state index contributed by atoms with van der Waals surface area (Å²) in [7, 11) is -1.89. The Morgan fingerprint density at radius 2 is 2.10 bits per heavy atom. The van der Waals surface area contributed by atoms with E-state index in [2.05, 4.69) is 4.72 Å². The Kier molecular flexibility index (Phi) is 4.32. The zero-order chi connectivity index (χ0) is 15.5. The van der Waals surface area contributed by atoms with Crippen molar-refractivity contribution in [2.24, 2.45) is 7.05 Å². The van der Waals surface area contributed by atoms with Gasteiger partial charge in [0.1, 0.15) is 4.90 Å². The van der Waals surface area contributed by atoms with Gasteiger partial charge in [-0.1, -0.05) is 12.1 Å². The summed E-state index contributed by atoms with van der Waals surface area (Å²) in [6.07, 6.45) is 3.53. The molecule has 0 fully saturated rings. The van der Waals surface area contributed by atoms with E-state index < -0.39 is 16.0 Å². The molecule has 112 valence electrons. The Hall–Kier alpha value is -2.28. The minimum atomic E-state index is -3.63. The van der Waals surface area contributed by atoms with E-state index in [1.165, 1.54) is 12.3 Å². The van der Waals surface area contributed by atoms with Crippen molar-refractivity contribution < 1.29 is 18.3 Å². The first-order valence-corrected chi connectivity index (χ1v) is 7.81. The standard InChI is InChI=1S/C14H16N2O4S/c1-16-8-7-13(10-16)21(19,20)15-12-4-2-3-11(9-12)5-6-14(17)18/h2-4,7-10,15H,5-6H2,1H3,(H,17,18). The van der Waals surface area contributed by atoms with Crippen LogP contribution < -0.4 is 4.72 Å². The number of benzene rings is 1. The lowest BCUT2D eigenvalue weighted by Gasteiger charge is -2.08. The fourth-order valence-corrected chi connectivity index (χ4v) is 2.99. The summed E-state index contributed by atoms with van der Waals surface area (Å²) in [6, 6.07) is 8.24. The highest BCUT2D eigenvalue weighted by atomic mass is 32.2. The highest BCUT2D eigenvalue weighted by molar-refractivity contribution is 7.92. The second kappa shape index (κ2) is 6.01. The molecule has 1 aromatic carbocycles. The van der Waals surface area contributed by atoms with Crippen LogP contribution in [0.3, 0.4) is 0 Å². The number of carbonyl (C=O) groups is 1. The topological polar surface area (TPSA) is 88.4 Å². The smallest absolute Gasteiger partial charge is 0.303 e. The van der Waals surface area contributed by atoms with Crippen LogP contribution in [0.25, 0.3) is 0 Å². The number of nitrogens with one attached hydrogen (secondary N) is 1. The molecule has 2 rings (SSSR count). The number of aromatic nitrogens is 1. The van der Waals surface area contributed by atoms with Crippen LogP contribution in [0.4, 0.5) is 5.69 Å². The van der Waals surface area contributed by atoms with E-state index in [0.717, 1.165) is 5.56 Å². The molecule has 1 aromatic heterocycles. The number of aliphatic carboxylic acids is 1. The van der Waals surface area contributed by atoms with Crippen molar-refractivity contribution in [3.63, 3.8) is 0 Å². The van der Waals surface area contributed by atoms with E-state index in [4.69, 9.17) is 5.11 Å². The van der Waals surface area contributed by atoms with Crippen molar-refractivity contribution in [2.45, 2.75) is 17.7 Å². The number of carboxylic acid groups (broad SMARTS) is 1. The molecule has 1 heterocycles. The summed E-state index contributed by atoms with van der Waals surface area (Å²) in [5.74, 6) is -0.884. The highest BCUT2D eigenvalue weighted by Crippen LogP contribution is 2.18. The second-order valence-corrected chi connectivity index (χ2v) is 6.39. The van der Waals surface area contributed by atoms with Gasteiger partial charge in [-0.25, -0.2) is 8.42 Å². The lowest BCUT2D eigenvalue weighted by molar-refractivity contribution is -0.136. The van der Waals surface area contributed by atoms with Gasteiger partial charge in [-0.15, -0.1) is 0 Å². The Morgan fingerprint density at radius 3 is 2.71 bits per heavy atom. The Balaban J connectivity index is 2.16. The van der Waals surface area contributed by atoms with Crippen LogP contribution in [0.1, 0.15) is 12.0 Å². The average Bonchev–Trinajstić information content (AvgIpc) is 2.84. The molecule has 7 heteroatoms. The quantitative estimate of drug-likeness (QED) is 0.852. The maximum absolute atomic E-state index is 12.2. The van der Waals surface area contributed by atoms with Gasteiger partial charge in [0.15, 0.2) is 0 Å². The molecule has 0 saturated heterocycles. The third-order valence-corrected chi connectivity index (χ3v) is 4.29. The van der Waals surface area contributed by atoms with Gasteiger partial charge in [0.2, 0.25) is 0 Å². The van der Waals surface area contributed by atoms with E-state index in [0.29, 0.717) is 12.1 Å². The van der Waals surface area contributed by atoms with Gasteiger partial charge in [-0.2, -0.15) is 0 Å². The second-order valence-electron chi connectivity index (χ2n) is 4.71. The summed E-state index contributed by atoms with van der Waals surface area (Å²) in [5.41, 5.74) is 1.19. The number of nitrogens with zero attached hydrogens (tertiary/aromatic N) is 1. The summed E-state index contributed by atoms with van der Waals surface area (Å²) >= 11 is 0. The van der Waals surface area contributed by atoms with Crippen molar-refractivity contribution >= 4 is 21.7 Å². The van der Waals surface area contributed by atoms with Crippen molar-refractivity contribution in [1.82, 2.24) is 4.57 Å². The molecule has 0 saturated carbocycles. The van der Waals surface area contributed by atoms with Gasteiger partial charge in [0.25, 0.3) is 10.0 Å². The van der Waals surface area contributed by atoms with Crippen LogP contribution in [0.5, 0.6) is 0 Å². The molecule has 0 unspecified atom stereocenters. The summed E-state index contributed by atoms with van der Waals surface area (Å²) in [5, 5.41) is 8.67. The number of hydrogen-bond acceptors (Lipinski definition) is 3. The minimum Gasteiger partial charge on any atom is -0.481 e. The van der Waals surface area contributed by atoms with Crippen molar-refractivity contribution in [2.75, 3.05) is 4.72 Å². The normalized spacial score (nSPS) is 11.3. The van der Waals surface area contributed by atoms with E-state index in [1.54, 1.807) is 42.1 Å². The molecule has 2 aromatic rings. The Morgan fingerprint density at radius 1 is 1.33 bits per heavy atom. The fraction of sp³-hybridized carbons (Fsp3) is 0.214. The molecular weight excluding hydrogens is 292 g/mol. The molecule has 0 aliphatic rings. The first kappa shape index (κ1) is 15.1. The van der Waals surface area contributed by atoms with Crippen LogP contribution in [0, 0.1) is 0 Å². The Labute approximate surface area is 123 Å². The largest absolute Gasteiger partial charge is 0.481 e. The lowest BCUT2D eigenvalue weighted by atomic mass is 10.1. The number of aryl methyl sites for hydroxylation is 2. The van der Waals surface area contributed by atoms with Crippen LogP contribution in [-0.4, -0.2) is 24.1 Å². The zero-order valence-corrected chi connectivity index (χ0v) is 12.3. The monoisotopic (exact) mass is 308 g/mol. The van der Waals surface area contributed by atoms with Gasteiger partial charge >= 0.3 is 5.97 Å². The predicted octanol–water partition coefficient (Wildman–Crippen LogP) is 1.84. The van der Waals surface area contributed by atoms with Gasteiger partial charge in [-0.3, -0.25) is 9.52 Å². The first-order valence-electron chi connectivity index (χ1n) is 6.32.